The van der Waals surface area contributed by atoms with Crippen molar-refractivity contribution in [3.05, 3.63) is 44.5 Å². The van der Waals surface area contributed by atoms with Crippen molar-refractivity contribution in [1.29, 1.82) is 0 Å². The minimum absolute atomic E-state index is 0.590. The highest BCUT2D eigenvalue weighted by Crippen LogP contribution is 2.17. The molecule has 0 aliphatic heterocycles. The van der Waals surface area contributed by atoms with Gasteiger partial charge in [-0.15, -0.1) is 0 Å². The fourth-order valence-electron chi connectivity index (χ4n) is 1.71. The first-order valence-corrected chi connectivity index (χ1v) is 7.10. The molecule has 0 fully saturated rings. The summed E-state index contributed by atoms with van der Waals surface area (Å²) in [5, 5.41) is 0. The normalized spacial score (nSPS) is 10.5. The van der Waals surface area contributed by atoms with Crippen molar-refractivity contribution >= 4 is 28.1 Å². The van der Waals surface area contributed by atoms with E-state index in [-0.39, 0.29) is 0 Å². The van der Waals surface area contributed by atoms with Gasteiger partial charge in [-0.3, -0.25) is 0 Å². The minimum Gasteiger partial charge on any atom is -0.481 e. The summed E-state index contributed by atoms with van der Waals surface area (Å²) in [6.07, 6.45) is 3.33. The third kappa shape index (κ3) is 3.39. The van der Waals surface area contributed by atoms with E-state index in [9.17, 15) is 0 Å². The van der Waals surface area contributed by atoms with E-state index < -0.39 is 0 Å². The molecule has 2 aromatic rings. The second-order valence-electron chi connectivity index (χ2n) is 4.02. The lowest BCUT2D eigenvalue weighted by Gasteiger charge is -2.07. The van der Waals surface area contributed by atoms with Gasteiger partial charge in [-0.2, -0.15) is 0 Å². The third-order valence-corrected chi connectivity index (χ3v) is 4.13. The van der Waals surface area contributed by atoms with Crippen molar-refractivity contribution < 1.29 is 4.74 Å². The Morgan fingerprint density at radius 1 is 1.42 bits per heavy atom. The zero-order chi connectivity index (χ0) is 13.8. The Bertz CT molecular complexity index is 625. The van der Waals surface area contributed by atoms with Gasteiger partial charge in [-0.05, 0) is 27.9 Å². The molecule has 0 radical (unpaired) electrons. The highest BCUT2D eigenvalue weighted by Gasteiger charge is 2.06. The second-order valence-corrected chi connectivity index (χ2v) is 5.20. The number of H-pyrrole nitrogens is 1. The van der Waals surface area contributed by atoms with Gasteiger partial charge in [0.05, 0.1) is 11.6 Å². The van der Waals surface area contributed by atoms with Crippen LogP contribution in [0, 0.1) is 4.64 Å². The van der Waals surface area contributed by atoms with Gasteiger partial charge in [-0.1, -0.05) is 25.2 Å². The summed E-state index contributed by atoms with van der Waals surface area (Å²) in [6, 6.07) is 3.81. The Balaban J connectivity index is 2.27. The molecule has 2 aromatic heterocycles. The van der Waals surface area contributed by atoms with Crippen LogP contribution in [-0.4, -0.2) is 22.1 Å². The molecule has 1 N–H and O–H groups in total. The van der Waals surface area contributed by atoms with Gasteiger partial charge < -0.3 is 9.72 Å². The SMILES string of the molecule is CCc1[nH]c(Cc2ccc(OC)nc2)nc(=S)c1Br. The summed E-state index contributed by atoms with van der Waals surface area (Å²) in [4.78, 5) is 11.8. The standard InChI is InChI=1S/C13H14BrN3OS/c1-3-9-12(14)13(19)17-10(16-9)6-8-4-5-11(18-2)15-7-8/h4-5,7H,3,6H2,1-2H3,(H,16,17,19). The van der Waals surface area contributed by atoms with Crippen molar-refractivity contribution in [3.8, 4) is 5.88 Å². The quantitative estimate of drug-likeness (QED) is 0.866. The van der Waals surface area contributed by atoms with Gasteiger partial charge >= 0.3 is 0 Å². The monoisotopic (exact) mass is 339 g/mol. The number of aryl methyl sites for hydroxylation is 1. The van der Waals surface area contributed by atoms with Crippen molar-refractivity contribution in [1.82, 2.24) is 15.0 Å². The number of hydrogen-bond acceptors (Lipinski definition) is 4. The summed E-state index contributed by atoms with van der Waals surface area (Å²) in [5.74, 6) is 1.45. The predicted molar refractivity (Wildman–Crippen MR) is 80.1 cm³/mol. The molecule has 0 spiro atoms. The maximum atomic E-state index is 5.24. The molecular formula is C13H14BrN3OS. The number of ether oxygens (including phenoxy) is 1. The van der Waals surface area contributed by atoms with Crippen LogP contribution in [0.5, 0.6) is 5.88 Å². The molecule has 0 aliphatic rings. The Labute approximate surface area is 125 Å². The number of aromatic amines is 1. The van der Waals surface area contributed by atoms with Crippen molar-refractivity contribution in [2.45, 2.75) is 19.8 Å². The molecule has 19 heavy (non-hydrogen) atoms. The summed E-state index contributed by atoms with van der Waals surface area (Å²) >= 11 is 8.69. The Kier molecular flexibility index (Phi) is 4.66. The first kappa shape index (κ1) is 14.1. The van der Waals surface area contributed by atoms with E-state index >= 15 is 0 Å². The van der Waals surface area contributed by atoms with E-state index in [0.717, 1.165) is 28.0 Å². The molecule has 0 unspecified atom stereocenters. The highest BCUT2D eigenvalue weighted by molar-refractivity contribution is 9.10. The molecular weight excluding hydrogens is 326 g/mol. The van der Waals surface area contributed by atoms with Crippen LogP contribution in [0.25, 0.3) is 0 Å². The van der Waals surface area contributed by atoms with Gasteiger partial charge in [-0.25, -0.2) is 9.97 Å². The van der Waals surface area contributed by atoms with E-state index in [0.29, 0.717) is 16.9 Å². The number of nitrogens with zero attached hydrogens (tertiary/aromatic N) is 2. The van der Waals surface area contributed by atoms with Crippen molar-refractivity contribution in [2.75, 3.05) is 7.11 Å². The van der Waals surface area contributed by atoms with Crippen molar-refractivity contribution in [2.24, 2.45) is 0 Å². The smallest absolute Gasteiger partial charge is 0.212 e. The lowest BCUT2D eigenvalue weighted by Crippen LogP contribution is -2.02. The number of halogens is 1. The van der Waals surface area contributed by atoms with E-state index in [1.807, 2.05) is 12.1 Å². The molecule has 6 heteroatoms. The molecule has 0 bridgehead atoms. The van der Waals surface area contributed by atoms with Gasteiger partial charge in [0.25, 0.3) is 0 Å². The van der Waals surface area contributed by atoms with E-state index in [4.69, 9.17) is 17.0 Å². The number of pyridine rings is 1. The molecule has 100 valence electrons. The molecule has 4 nitrogen and oxygen atoms in total. The summed E-state index contributed by atoms with van der Waals surface area (Å²) in [6.45, 7) is 2.07. The summed E-state index contributed by atoms with van der Waals surface area (Å²) < 4.78 is 6.50. The van der Waals surface area contributed by atoms with Gasteiger partial charge in [0.15, 0.2) is 0 Å². The Hall–Kier alpha value is -1.27. The lowest BCUT2D eigenvalue weighted by atomic mass is 10.2. The molecule has 0 atom stereocenters. The van der Waals surface area contributed by atoms with Crippen LogP contribution >= 0.6 is 28.1 Å². The van der Waals surface area contributed by atoms with Crippen LogP contribution < -0.4 is 4.74 Å². The molecule has 0 saturated carbocycles. The topological polar surface area (TPSA) is 50.8 Å². The molecule has 2 heterocycles. The zero-order valence-corrected chi connectivity index (χ0v) is 13.1. The Morgan fingerprint density at radius 2 is 2.21 bits per heavy atom. The average Bonchev–Trinajstić information content (AvgIpc) is 2.43. The lowest BCUT2D eigenvalue weighted by molar-refractivity contribution is 0.397. The molecule has 0 aromatic carbocycles. The molecule has 0 amide bonds. The van der Waals surface area contributed by atoms with Crippen LogP contribution in [0.2, 0.25) is 0 Å². The summed E-state index contributed by atoms with van der Waals surface area (Å²) in [5.41, 5.74) is 2.12. The fourth-order valence-corrected chi connectivity index (χ4v) is 2.42. The first-order chi connectivity index (χ1) is 9.13. The van der Waals surface area contributed by atoms with E-state index in [1.54, 1.807) is 13.3 Å². The second kappa shape index (κ2) is 6.25. The van der Waals surface area contributed by atoms with Crippen molar-refractivity contribution in [3.63, 3.8) is 0 Å². The van der Waals surface area contributed by atoms with Gasteiger partial charge in [0, 0.05) is 24.4 Å². The number of methoxy groups -OCH3 is 1. The van der Waals surface area contributed by atoms with Crippen LogP contribution in [0.15, 0.2) is 22.8 Å². The maximum Gasteiger partial charge on any atom is 0.212 e. The van der Waals surface area contributed by atoms with E-state index in [1.165, 1.54) is 0 Å². The maximum absolute atomic E-state index is 5.24. The molecule has 2 rings (SSSR count). The van der Waals surface area contributed by atoms with Crippen LogP contribution in [-0.2, 0) is 12.8 Å². The molecule has 0 aliphatic carbocycles. The third-order valence-electron chi connectivity index (χ3n) is 2.72. The van der Waals surface area contributed by atoms with Gasteiger partial charge in [0.1, 0.15) is 10.5 Å². The number of nitrogens with one attached hydrogen (secondary N) is 1. The van der Waals surface area contributed by atoms with Crippen LogP contribution in [0.3, 0.4) is 0 Å². The first-order valence-electron chi connectivity index (χ1n) is 5.90. The highest BCUT2D eigenvalue weighted by atomic mass is 79.9. The van der Waals surface area contributed by atoms with Gasteiger partial charge in [0.2, 0.25) is 5.88 Å². The van der Waals surface area contributed by atoms with Crippen LogP contribution in [0.4, 0.5) is 0 Å². The van der Waals surface area contributed by atoms with Crippen LogP contribution in [0.1, 0.15) is 24.0 Å². The molecule has 0 saturated heterocycles. The number of hydrogen-bond donors (Lipinski definition) is 1. The fraction of sp³-hybridized carbons (Fsp3) is 0.308. The zero-order valence-electron chi connectivity index (χ0n) is 10.7. The average molecular weight is 340 g/mol. The Morgan fingerprint density at radius 3 is 2.79 bits per heavy atom. The predicted octanol–water partition coefficient (Wildman–Crippen LogP) is 3.46. The summed E-state index contributed by atoms with van der Waals surface area (Å²) in [7, 11) is 1.60. The minimum atomic E-state index is 0.590. The number of rotatable bonds is 4. The number of aromatic nitrogens is 3. The largest absolute Gasteiger partial charge is 0.481 e. The van der Waals surface area contributed by atoms with E-state index in [2.05, 4.69) is 37.8 Å².